The van der Waals surface area contributed by atoms with Crippen LogP contribution in [0.2, 0.25) is 0 Å². The fourth-order valence-electron chi connectivity index (χ4n) is 3.42. The van der Waals surface area contributed by atoms with Crippen molar-refractivity contribution in [2.45, 2.75) is 6.92 Å². The van der Waals surface area contributed by atoms with E-state index >= 15 is 0 Å². The molecule has 0 bridgehead atoms. The largest absolute Gasteiger partial charge is 1.00 e. The van der Waals surface area contributed by atoms with Crippen LogP contribution in [0.15, 0.2) is 109 Å². The summed E-state index contributed by atoms with van der Waals surface area (Å²) in [6.45, 7) is 2.10. The van der Waals surface area contributed by atoms with Gasteiger partial charge in [-0.15, -0.1) is 0 Å². The lowest BCUT2D eigenvalue weighted by molar-refractivity contribution is -0.734. The Kier molecular flexibility index (Phi) is 5.92. The summed E-state index contributed by atoms with van der Waals surface area (Å²) in [6.07, 6.45) is 0. The molecule has 1 heterocycles. The van der Waals surface area contributed by atoms with Gasteiger partial charge in [-0.05, 0) is 76.5 Å². The molecule has 0 saturated heterocycles. The molecular weight excluding hydrogens is 404 g/mol. The van der Waals surface area contributed by atoms with Crippen LogP contribution in [0.25, 0.3) is 33.9 Å². The number of hydrogen-bond acceptors (Lipinski definition) is 2. The van der Waals surface area contributed by atoms with Gasteiger partial charge in [0.15, 0.2) is 5.69 Å². The standard InChI is InChI=1S/C26H21N4.ClH/c1-20-12-14-21(15-13-20)22-16-18-25(19-17-22)30-28-26(23-8-4-2-5-9-23)27-29(30)24-10-6-3-7-11-24;/h2-19H,1H3;1H/q+1;/p-1. The molecule has 0 radical (unpaired) electrons. The maximum atomic E-state index is 4.81. The minimum atomic E-state index is 0. The summed E-state index contributed by atoms with van der Waals surface area (Å²) < 4.78 is 0. The summed E-state index contributed by atoms with van der Waals surface area (Å²) in [5, 5.41) is 9.60. The predicted molar refractivity (Wildman–Crippen MR) is 118 cm³/mol. The van der Waals surface area contributed by atoms with E-state index in [9.17, 15) is 0 Å². The Labute approximate surface area is 187 Å². The second-order valence-corrected chi connectivity index (χ2v) is 7.22. The van der Waals surface area contributed by atoms with E-state index < -0.39 is 0 Å². The zero-order valence-electron chi connectivity index (χ0n) is 17.1. The average molecular weight is 425 g/mol. The van der Waals surface area contributed by atoms with Gasteiger partial charge in [-0.3, -0.25) is 0 Å². The highest BCUT2D eigenvalue weighted by Crippen LogP contribution is 2.21. The molecule has 152 valence electrons. The molecular formula is C26H21ClN4. The molecule has 5 aromatic rings. The Morgan fingerprint density at radius 2 is 1.16 bits per heavy atom. The SMILES string of the molecule is Cc1ccc(-c2ccc(-[n+]3nc(-c4ccccc4)nn3-c3ccccc3)cc2)cc1.[Cl-]. The van der Waals surface area contributed by atoms with Crippen LogP contribution < -0.4 is 17.2 Å². The molecule has 0 atom stereocenters. The van der Waals surface area contributed by atoms with E-state index in [2.05, 4.69) is 55.5 Å². The van der Waals surface area contributed by atoms with E-state index in [0.29, 0.717) is 5.82 Å². The van der Waals surface area contributed by atoms with Crippen LogP contribution in [-0.2, 0) is 0 Å². The van der Waals surface area contributed by atoms with Gasteiger partial charge in [0.25, 0.3) is 0 Å². The van der Waals surface area contributed by atoms with Crippen molar-refractivity contribution >= 4 is 0 Å². The van der Waals surface area contributed by atoms with Crippen LogP contribution in [0, 0.1) is 6.92 Å². The van der Waals surface area contributed by atoms with E-state index in [4.69, 9.17) is 10.2 Å². The van der Waals surface area contributed by atoms with Crippen molar-refractivity contribution in [3.8, 4) is 33.9 Å². The van der Waals surface area contributed by atoms with Crippen molar-refractivity contribution in [2.75, 3.05) is 0 Å². The van der Waals surface area contributed by atoms with Crippen LogP contribution in [-0.4, -0.2) is 15.0 Å². The number of aryl methyl sites for hydroxylation is 1. The molecule has 4 aromatic carbocycles. The maximum absolute atomic E-state index is 4.81. The molecule has 31 heavy (non-hydrogen) atoms. The number of para-hydroxylation sites is 1. The Hall–Kier alpha value is -3.76. The first kappa shape index (κ1) is 20.5. The van der Waals surface area contributed by atoms with E-state index in [1.807, 2.05) is 70.3 Å². The van der Waals surface area contributed by atoms with Gasteiger partial charge < -0.3 is 12.4 Å². The van der Waals surface area contributed by atoms with Crippen molar-refractivity contribution in [1.29, 1.82) is 0 Å². The van der Waals surface area contributed by atoms with E-state index in [1.165, 1.54) is 16.7 Å². The first-order valence-corrected chi connectivity index (χ1v) is 9.96. The minimum absolute atomic E-state index is 0. The fraction of sp³-hybridized carbons (Fsp3) is 0.0385. The number of benzene rings is 4. The molecule has 0 N–H and O–H groups in total. The third-order valence-electron chi connectivity index (χ3n) is 5.06. The van der Waals surface area contributed by atoms with E-state index in [-0.39, 0.29) is 12.4 Å². The van der Waals surface area contributed by atoms with Crippen molar-refractivity contribution in [1.82, 2.24) is 15.0 Å². The number of halogens is 1. The van der Waals surface area contributed by atoms with Gasteiger partial charge in [-0.1, -0.05) is 66.2 Å². The summed E-state index contributed by atoms with van der Waals surface area (Å²) in [5.41, 5.74) is 6.52. The van der Waals surface area contributed by atoms with Gasteiger partial charge >= 0.3 is 5.82 Å². The second-order valence-electron chi connectivity index (χ2n) is 7.22. The van der Waals surface area contributed by atoms with Crippen LogP contribution >= 0.6 is 0 Å². The average Bonchev–Trinajstić information content (AvgIpc) is 3.27. The predicted octanol–water partition coefficient (Wildman–Crippen LogP) is 2.19. The monoisotopic (exact) mass is 424 g/mol. The molecule has 0 aliphatic heterocycles. The first-order valence-electron chi connectivity index (χ1n) is 9.96. The minimum Gasteiger partial charge on any atom is -1.00 e. The molecule has 0 amide bonds. The molecule has 0 fully saturated rings. The van der Waals surface area contributed by atoms with Crippen molar-refractivity contribution in [2.24, 2.45) is 0 Å². The van der Waals surface area contributed by atoms with E-state index in [0.717, 1.165) is 16.9 Å². The summed E-state index contributed by atoms with van der Waals surface area (Å²) >= 11 is 0. The fourth-order valence-corrected chi connectivity index (χ4v) is 3.42. The Bertz CT molecular complexity index is 1260. The van der Waals surface area contributed by atoms with Gasteiger partial charge in [-0.25, -0.2) is 0 Å². The molecule has 0 aliphatic carbocycles. The number of tetrazole rings is 1. The second kappa shape index (κ2) is 8.94. The number of hydrogen-bond donors (Lipinski definition) is 0. The third-order valence-corrected chi connectivity index (χ3v) is 5.06. The highest BCUT2D eigenvalue weighted by atomic mass is 35.5. The zero-order chi connectivity index (χ0) is 20.3. The summed E-state index contributed by atoms with van der Waals surface area (Å²) in [7, 11) is 0. The smallest absolute Gasteiger partial charge is 0.340 e. The maximum Gasteiger partial charge on any atom is 0.340 e. The topological polar surface area (TPSA) is 34.6 Å². The molecule has 5 rings (SSSR count). The first-order chi connectivity index (χ1) is 14.8. The molecule has 4 nitrogen and oxygen atoms in total. The van der Waals surface area contributed by atoms with Crippen LogP contribution in [0.3, 0.4) is 0 Å². The highest BCUT2D eigenvalue weighted by Gasteiger charge is 2.23. The van der Waals surface area contributed by atoms with Gasteiger partial charge in [0, 0.05) is 4.80 Å². The molecule has 0 aliphatic rings. The number of rotatable bonds is 4. The van der Waals surface area contributed by atoms with Crippen LogP contribution in [0.5, 0.6) is 0 Å². The molecule has 1 aromatic heterocycles. The van der Waals surface area contributed by atoms with Crippen molar-refractivity contribution in [3.05, 3.63) is 115 Å². The normalized spacial score (nSPS) is 10.5. The van der Waals surface area contributed by atoms with Gasteiger partial charge in [-0.2, -0.15) is 0 Å². The Balaban J connectivity index is 0.00000231. The van der Waals surface area contributed by atoms with Crippen molar-refractivity contribution < 1.29 is 17.2 Å². The lowest BCUT2D eigenvalue weighted by Crippen LogP contribution is -3.00. The van der Waals surface area contributed by atoms with Gasteiger partial charge in [0.2, 0.25) is 0 Å². The Morgan fingerprint density at radius 1 is 0.613 bits per heavy atom. The third kappa shape index (κ3) is 4.25. The summed E-state index contributed by atoms with van der Waals surface area (Å²) in [6, 6.07) is 37.1. The molecule has 0 unspecified atom stereocenters. The lowest BCUT2D eigenvalue weighted by atomic mass is 10.0. The number of nitrogens with zero attached hydrogens (tertiary/aromatic N) is 4. The lowest BCUT2D eigenvalue weighted by Gasteiger charge is -2.04. The van der Waals surface area contributed by atoms with Crippen LogP contribution in [0.4, 0.5) is 0 Å². The molecule has 0 spiro atoms. The molecule has 0 saturated carbocycles. The number of aromatic nitrogens is 4. The van der Waals surface area contributed by atoms with Crippen molar-refractivity contribution in [3.63, 3.8) is 0 Å². The van der Waals surface area contributed by atoms with Crippen LogP contribution in [0.1, 0.15) is 5.56 Å². The van der Waals surface area contributed by atoms with Gasteiger partial charge in [0.1, 0.15) is 5.69 Å². The zero-order valence-corrected chi connectivity index (χ0v) is 17.8. The summed E-state index contributed by atoms with van der Waals surface area (Å²) in [4.78, 5) is 3.68. The van der Waals surface area contributed by atoms with E-state index in [1.54, 1.807) is 0 Å². The summed E-state index contributed by atoms with van der Waals surface area (Å²) in [5.74, 6) is 0.682. The Morgan fingerprint density at radius 3 is 1.77 bits per heavy atom. The highest BCUT2D eigenvalue weighted by molar-refractivity contribution is 5.64. The van der Waals surface area contributed by atoms with Gasteiger partial charge in [0.05, 0.1) is 10.7 Å². The molecule has 5 heteroatoms. The quantitative estimate of drug-likeness (QED) is 0.414.